The Bertz CT molecular complexity index is 422. The molecule has 0 bridgehead atoms. The molecule has 114 valence electrons. The van der Waals surface area contributed by atoms with Crippen LogP contribution in [0.5, 0.6) is 0 Å². The van der Waals surface area contributed by atoms with E-state index in [1.165, 1.54) is 49.1 Å². The summed E-state index contributed by atoms with van der Waals surface area (Å²) in [5.41, 5.74) is 4.10. The summed E-state index contributed by atoms with van der Waals surface area (Å²) >= 11 is 0. The number of aryl methyl sites for hydroxylation is 1. The van der Waals surface area contributed by atoms with Crippen LogP contribution in [0.3, 0.4) is 0 Å². The first kappa shape index (κ1) is 15.6. The minimum atomic E-state index is 0.639. The molecule has 1 aromatic heterocycles. The van der Waals surface area contributed by atoms with Crippen molar-refractivity contribution < 1.29 is 0 Å². The van der Waals surface area contributed by atoms with E-state index in [9.17, 15) is 0 Å². The van der Waals surface area contributed by atoms with Crippen LogP contribution < -0.4 is 5.32 Å². The van der Waals surface area contributed by atoms with Crippen molar-refractivity contribution in [3.05, 3.63) is 17.0 Å². The molecule has 0 radical (unpaired) electrons. The average molecular weight is 277 g/mol. The Labute approximate surface area is 124 Å². The highest BCUT2D eigenvalue weighted by Gasteiger charge is 2.25. The van der Waals surface area contributed by atoms with Crippen LogP contribution in [0.1, 0.15) is 68.9 Å². The molecule has 20 heavy (non-hydrogen) atoms. The van der Waals surface area contributed by atoms with E-state index in [2.05, 4.69) is 37.7 Å². The molecule has 1 N–H and O–H groups in total. The number of nitrogens with one attached hydrogen (secondary N) is 1. The predicted octanol–water partition coefficient (Wildman–Crippen LogP) is 3.79. The van der Waals surface area contributed by atoms with Crippen LogP contribution in [0.2, 0.25) is 0 Å². The quantitative estimate of drug-likeness (QED) is 0.802. The number of hydrogen-bond acceptors (Lipinski definition) is 2. The van der Waals surface area contributed by atoms with Crippen LogP contribution in [0.25, 0.3) is 0 Å². The summed E-state index contributed by atoms with van der Waals surface area (Å²) in [4.78, 5) is 0. The number of hydrogen-bond donors (Lipinski definition) is 1. The Hall–Kier alpha value is -0.830. The molecule has 0 saturated heterocycles. The molecule has 1 aliphatic carbocycles. The van der Waals surface area contributed by atoms with Crippen molar-refractivity contribution in [1.82, 2.24) is 15.1 Å². The van der Waals surface area contributed by atoms with E-state index in [4.69, 9.17) is 5.10 Å². The third-order valence-corrected chi connectivity index (χ3v) is 4.95. The SMILES string of the molecule is CCNCCc1c(C)nn(C2CCCC(CC)C2)c1C. The van der Waals surface area contributed by atoms with Crippen molar-refractivity contribution in [2.75, 3.05) is 13.1 Å². The number of likely N-dealkylation sites (N-methyl/N-ethyl adjacent to an activating group) is 1. The summed E-state index contributed by atoms with van der Waals surface area (Å²) in [5.74, 6) is 0.905. The molecule has 0 aromatic carbocycles. The average Bonchev–Trinajstić information content (AvgIpc) is 2.75. The van der Waals surface area contributed by atoms with Crippen molar-refractivity contribution in [1.29, 1.82) is 0 Å². The molecule has 1 aliphatic rings. The third kappa shape index (κ3) is 3.43. The van der Waals surface area contributed by atoms with Crippen LogP contribution in [-0.4, -0.2) is 22.9 Å². The van der Waals surface area contributed by atoms with E-state index < -0.39 is 0 Å². The van der Waals surface area contributed by atoms with E-state index >= 15 is 0 Å². The minimum absolute atomic E-state index is 0.639. The largest absolute Gasteiger partial charge is 0.317 e. The lowest BCUT2D eigenvalue weighted by Gasteiger charge is -2.29. The van der Waals surface area contributed by atoms with Crippen molar-refractivity contribution in [2.45, 2.75) is 72.3 Å². The van der Waals surface area contributed by atoms with E-state index in [0.717, 1.165) is 25.4 Å². The highest BCUT2D eigenvalue weighted by atomic mass is 15.3. The molecule has 1 aromatic rings. The van der Waals surface area contributed by atoms with Gasteiger partial charge in [0, 0.05) is 5.69 Å². The van der Waals surface area contributed by atoms with E-state index in [1.54, 1.807) is 0 Å². The van der Waals surface area contributed by atoms with Gasteiger partial charge < -0.3 is 5.32 Å². The Balaban J connectivity index is 2.10. The van der Waals surface area contributed by atoms with E-state index in [-0.39, 0.29) is 0 Å². The van der Waals surface area contributed by atoms with Crippen LogP contribution in [0, 0.1) is 19.8 Å². The summed E-state index contributed by atoms with van der Waals surface area (Å²) in [6, 6.07) is 0.639. The van der Waals surface area contributed by atoms with Gasteiger partial charge in [-0.1, -0.05) is 33.1 Å². The molecule has 1 heterocycles. The molecule has 2 atom stereocenters. The van der Waals surface area contributed by atoms with Gasteiger partial charge >= 0.3 is 0 Å². The first-order valence-corrected chi connectivity index (χ1v) is 8.42. The molecule has 3 nitrogen and oxygen atoms in total. The monoisotopic (exact) mass is 277 g/mol. The standard InChI is InChI=1S/C17H31N3/c1-5-15-8-7-9-16(12-15)20-14(4)17(13(3)19-20)10-11-18-6-2/h15-16,18H,5-12H2,1-4H3. The van der Waals surface area contributed by atoms with Crippen molar-refractivity contribution in [2.24, 2.45) is 5.92 Å². The molecule has 1 fully saturated rings. The van der Waals surface area contributed by atoms with Crippen molar-refractivity contribution in [3.8, 4) is 0 Å². The highest BCUT2D eigenvalue weighted by molar-refractivity contribution is 5.25. The molecular formula is C17H31N3. The molecule has 2 unspecified atom stereocenters. The molecule has 3 heteroatoms. The fourth-order valence-electron chi connectivity index (χ4n) is 3.66. The number of aromatic nitrogens is 2. The predicted molar refractivity (Wildman–Crippen MR) is 85.2 cm³/mol. The maximum Gasteiger partial charge on any atom is 0.0629 e. The zero-order chi connectivity index (χ0) is 14.5. The lowest BCUT2D eigenvalue weighted by molar-refractivity contribution is 0.244. The molecule has 2 rings (SSSR count). The Kier molecular flexibility index (Phi) is 5.64. The lowest BCUT2D eigenvalue weighted by Crippen LogP contribution is -2.21. The first-order chi connectivity index (χ1) is 9.67. The molecule has 1 saturated carbocycles. The maximum atomic E-state index is 4.87. The van der Waals surface area contributed by atoms with Gasteiger partial charge in [-0.05, 0) is 57.7 Å². The number of nitrogens with zero attached hydrogens (tertiary/aromatic N) is 2. The van der Waals surface area contributed by atoms with Gasteiger partial charge in [0.1, 0.15) is 0 Å². The maximum absolute atomic E-state index is 4.87. The van der Waals surface area contributed by atoms with Gasteiger partial charge in [0.15, 0.2) is 0 Å². The van der Waals surface area contributed by atoms with Gasteiger partial charge in [-0.25, -0.2) is 0 Å². The third-order valence-electron chi connectivity index (χ3n) is 4.95. The summed E-state index contributed by atoms with van der Waals surface area (Å²) in [6.45, 7) is 11.0. The second-order valence-electron chi connectivity index (χ2n) is 6.29. The smallest absolute Gasteiger partial charge is 0.0629 e. The van der Waals surface area contributed by atoms with Gasteiger partial charge in [-0.15, -0.1) is 0 Å². The van der Waals surface area contributed by atoms with Crippen molar-refractivity contribution >= 4 is 0 Å². The normalized spacial score (nSPS) is 23.2. The van der Waals surface area contributed by atoms with Gasteiger partial charge in [0.2, 0.25) is 0 Å². The zero-order valence-corrected chi connectivity index (χ0v) is 13.7. The summed E-state index contributed by atoms with van der Waals surface area (Å²) in [6.07, 6.45) is 7.85. The molecule has 0 spiro atoms. The second-order valence-corrected chi connectivity index (χ2v) is 6.29. The van der Waals surface area contributed by atoms with Gasteiger partial charge in [0.05, 0.1) is 11.7 Å². The fourth-order valence-corrected chi connectivity index (χ4v) is 3.66. The Morgan fingerprint density at radius 2 is 2.05 bits per heavy atom. The number of rotatable bonds is 6. The van der Waals surface area contributed by atoms with Gasteiger partial charge in [-0.2, -0.15) is 5.10 Å². The summed E-state index contributed by atoms with van der Waals surface area (Å²) < 4.78 is 2.35. The topological polar surface area (TPSA) is 29.9 Å². The van der Waals surface area contributed by atoms with Crippen LogP contribution in [0.4, 0.5) is 0 Å². The van der Waals surface area contributed by atoms with Gasteiger partial charge in [-0.3, -0.25) is 4.68 Å². The van der Waals surface area contributed by atoms with Crippen molar-refractivity contribution in [3.63, 3.8) is 0 Å². The fraction of sp³-hybridized carbons (Fsp3) is 0.824. The molecular weight excluding hydrogens is 246 g/mol. The Morgan fingerprint density at radius 3 is 2.75 bits per heavy atom. The van der Waals surface area contributed by atoms with E-state index in [1.807, 2.05) is 0 Å². The zero-order valence-electron chi connectivity index (χ0n) is 13.7. The highest BCUT2D eigenvalue weighted by Crippen LogP contribution is 2.35. The summed E-state index contributed by atoms with van der Waals surface area (Å²) in [7, 11) is 0. The Morgan fingerprint density at radius 1 is 1.25 bits per heavy atom. The van der Waals surface area contributed by atoms with Crippen LogP contribution >= 0.6 is 0 Å². The van der Waals surface area contributed by atoms with E-state index in [0.29, 0.717) is 6.04 Å². The molecule has 0 amide bonds. The lowest BCUT2D eigenvalue weighted by atomic mass is 9.84. The molecule has 0 aliphatic heterocycles. The first-order valence-electron chi connectivity index (χ1n) is 8.42. The second kappa shape index (κ2) is 7.26. The minimum Gasteiger partial charge on any atom is -0.317 e. The van der Waals surface area contributed by atoms with Crippen LogP contribution in [-0.2, 0) is 6.42 Å². The summed E-state index contributed by atoms with van der Waals surface area (Å²) in [5, 5.41) is 8.29. The van der Waals surface area contributed by atoms with Crippen LogP contribution in [0.15, 0.2) is 0 Å². The van der Waals surface area contributed by atoms with Gasteiger partial charge in [0.25, 0.3) is 0 Å².